The van der Waals surface area contributed by atoms with Crippen LogP contribution in [0.5, 0.6) is 17.2 Å². The number of hydrogen-bond acceptors (Lipinski definition) is 6. The summed E-state index contributed by atoms with van der Waals surface area (Å²) in [4.78, 5) is 22.8. The summed E-state index contributed by atoms with van der Waals surface area (Å²) in [6.45, 7) is 4.59. The minimum atomic E-state index is -0.459. The van der Waals surface area contributed by atoms with Crippen molar-refractivity contribution >= 4 is 33.4 Å². The summed E-state index contributed by atoms with van der Waals surface area (Å²) in [5, 5.41) is 2.61. The van der Waals surface area contributed by atoms with Crippen molar-refractivity contribution < 1.29 is 23.8 Å². The van der Waals surface area contributed by atoms with Crippen LogP contribution in [-0.2, 0) is 16.0 Å². The van der Waals surface area contributed by atoms with E-state index in [4.69, 9.17) is 14.2 Å². The van der Waals surface area contributed by atoms with E-state index in [2.05, 4.69) is 0 Å². The Morgan fingerprint density at radius 2 is 1.90 bits per heavy atom. The van der Waals surface area contributed by atoms with Gasteiger partial charge in [-0.2, -0.15) is 0 Å². The summed E-state index contributed by atoms with van der Waals surface area (Å²) in [6, 6.07) is 1.83. The highest BCUT2D eigenvalue weighted by Gasteiger charge is 2.31. The Labute approximate surface area is 125 Å². The molecule has 1 aromatic carbocycles. The van der Waals surface area contributed by atoms with E-state index in [1.54, 1.807) is 0 Å². The lowest BCUT2D eigenvalue weighted by molar-refractivity contribution is -0.134. The van der Waals surface area contributed by atoms with Crippen LogP contribution in [-0.4, -0.2) is 18.0 Å². The van der Waals surface area contributed by atoms with Crippen LogP contribution in [0.3, 0.4) is 0 Å². The second-order valence-electron chi connectivity index (χ2n) is 4.95. The van der Waals surface area contributed by atoms with Crippen molar-refractivity contribution in [3.05, 3.63) is 17.0 Å². The molecular formula is C15H14O5S. The second kappa shape index (κ2) is 5.04. The molecule has 21 heavy (non-hydrogen) atoms. The molecule has 0 saturated heterocycles. The number of carbonyl (C=O) groups excluding carboxylic acids is 2. The van der Waals surface area contributed by atoms with Crippen molar-refractivity contribution in [3.8, 4) is 17.2 Å². The van der Waals surface area contributed by atoms with Gasteiger partial charge in [-0.1, -0.05) is 0 Å². The summed E-state index contributed by atoms with van der Waals surface area (Å²) < 4.78 is 17.4. The third-order valence-electron chi connectivity index (χ3n) is 3.17. The van der Waals surface area contributed by atoms with Crippen LogP contribution in [0.4, 0.5) is 0 Å². The third-order valence-corrected chi connectivity index (χ3v) is 4.09. The molecule has 0 aliphatic carbocycles. The molecule has 2 aromatic rings. The molecule has 0 fully saturated rings. The summed E-state index contributed by atoms with van der Waals surface area (Å²) >= 11 is 1.51. The molecule has 6 heteroatoms. The van der Waals surface area contributed by atoms with Crippen LogP contribution in [0, 0.1) is 0 Å². The van der Waals surface area contributed by atoms with Gasteiger partial charge >= 0.3 is 11.9 Å². The molecule has 0 saturated carbocycles. The maximum absolute atomic E-state index is 11.4. The Hall–Kier alpha value is -2.08. The number of hydrogen-bond donors (Lipinski definition) is 0. The standard InChI is InChI=1S/C15H14O5S/c1-7-6-11-13(20-9(3)17)12(19-8(2)16)10-4-5-21-15(10)14(11)18-7/h4-5,7H,6H2,1-3H3. The van der Waals surface area contributed by atoms with Crippen molar-refractivity contribution in [2.75, 3.05) is 0 Å². The van der Waals surface area contributed by atoms with Gasteiger partial charge < -0.3 is 14.2 Å². The van der Waals surface area contributed by atoms with Crippen molar-refractivity contribution in [2.24, 2.45) is 0 Å². The van der Waals surface area contributed by atoms with Crippen molar-refractivity contribution in [1.82, 2.24) is 0 Å². The van der Waals surface area contributed by atoms with E-state index < -0.39 is 11.9 Å². The molecule has 110 valence electrons. The van der Waals surface area contributed by atoms with Gasteiger partial charge in [0.2, 0.25) is 0 Å². The molecule has 3 rings (SSSR count). The van der Waals surface area contributed by atoms with Crippen LogP contribution in [0.2, 0.25) is 0 Å². The molecular weight excluding hydrogens is 292 g/mol. The molecule has 1 unspecified atom stereocenters. The Bertz CT molecular complexity index is 746. The number of carbonyl (C=O) groups is 2. The SMILES string of the molecule is CC(=O)Oc1c2c(c3sccc3c1OC(C)=O)OC(C)C2. The maximum Gasteiger partial charge on any atom is 0.308 e. The van der Waals surface area contributed by atoms with Gasteiger partial charge in [0.05, 0.1) is 4.70 Å². The number of ether oxygens (including phenoxy) is 3. The Morgan fingerprint density at radius 1 is 1.24 bits per heavy atom. The lowest BCUT2D eigenvalue weighted by Crippen LogP contribution is -2.09. The quantitative estimate of drug-likeness (QED) is 0.630. The van der Waals surface area contributed by atoms with Crippen LogP contribution in [0.15, 0.2) is 11.4 Å². The molecule has 1 aromatic heterocycles. The monoisotopic (exact) mass is 306 g/mol. The summed E-state index contributed by atoms with van der Waals surface area (Å²) in [7, 11) is 0. The predicted molar refractivity (Wildman–Crippen MR) is 78.2 cm³/mol. The van der Waals surface area contributed by atoms with E-state index in [-0.39, 0.29) is 6.10 Å². The molecule has 0 spiro atoms. The molecule has 0 N–H and O–H groups in total. The number of thiophene rings is 1. The third kappa shape index (κ3) is 2.35. The summed E-state index contributed by atoms with van der Waals surface area (Å²) in [5.74, 6) is 0.399. The van der Waals surface area contributed by atoms with Gasteiger partial charge in [0, 0.05) is 31.2 Å². The summed E-state index contributed by atoms with van der Waals surface area (Å²) in [6.07, 6.45) is 0.604. The van der Waals surface area contributed by atoms with Gasteiger partial charge in [-0.15, -0.1) is 11.3 Å². The zero-order chi connectivity index (χ0) is 15.1. The minimum Gasteiger partial charge on any atom is -0.488 e. The van der Waals surface area contributed by atoms with Crippen LogP contribution < -0.4 is 14.2 Å². The molecule has 1 aliphatic rings. The number of benzene rings is 1. The van der Waals surface area contributed by atoms with E-state index in [0.717, 1.165) is 21.4 Å². The van der Waals surface area contributed by atoms with E-state index in [9.17, 15) is 9.59 Å². The minimum absolute atomic E-state index is 0.00723. The average Bonchev–Trinajstić information content (AvgIpc) is 2.97. The fourth-order valence-electron chi connectivity index (χ4n) is 2.50. The van der Waals surface area contributed by atoms with E-state index >= 15 is 0 Å². The smallest absolute Gasteiger partial charge is 0.308 e. The molecule has 2 heterocycles. The number of fused-ring (bicyclic) bond motifs is 3. The Kier molecular flexibility index (Phi) is 3.33. The van der Waals surface area contributed by atoms with Gasteiger partial charge in [0.25, 0.3) is 0 Å². The highest BCUT2D eigenvalue weighted by Crippen LogP contribution is 2.51. The van der Waals surface area contributed by atoms with Gasteiger partial charge in [-0.05, 0) is 18.4 Å². The molecule has 1 aliphatic heterocycles. The maximum atomic E-state index is 11.4. The van der Waals surface area contributed by atoms with Crippen LogP contribution in [0.1, 0.15) is 26.3 Å². The molecule has 1 atom stereocenters. The average molecular weight is 306 g/mol. The van der Waals surface area contributed by atoms with Gasteiger partial charge in [-0.25, -0.2) is 0 Å². The van der Waals surface area contributed by atoms with Gasteiger partial charge in [0.15, 0.2) is 11.5 Å². The highest BCUT2D eigenvalue weighted by molar-refractivity contribution is 7.17. The van der Waals surface area contributed by atoms with Gasteiger partial charge in [0.1, 0.15) is 11.9 Å². The number of rotatable bonds is 2. The first-order valence-electron chi connectivity index (χ1n) is 6.57. The fourth-order valence-corrected chi connectivity index (χ4v) is 3.41. The number of esters is 2. The highest BCUT2D eigenvalue weighted by atomic mass is 32.1. The van der Waals surface area contributed by atoms with Crippen molar-refractivity contribution in [3.63, 3.8) is 0 Å². The van der Waals surface area contributed by atoms with Crippen LogP contribution >= 0.6 is 11.3 Å². The van der Waals surface area contributed by atoms with E-state index in [0.29, 0.717) is 17.9 Å². The molecule has 0 radical (unpaired) electrons. The largest absolute Gasteiger partial charge is 0.488 e. The Balaban J connectivity index is 2.30. The second-order valence-corrected chi connectivity index (χ2v) is 5.87. The first-order chi connectivity index (χ1) is 9.97. The zero-order valence-electron chi connectivity index (χ0n) is 11.9. The molecule has 0 bridgehead atoms. The zero-order valence-corrected chi connectivity index (χ0v) is 12.7. The van der Waals surface area contributed by atoms with Crippen LogP contribution in [0.25, 0.3) is 10.1 Å². The predicted octanol–water partition coefficient (Wildman–Crippen LogP) is 3.08. The lowest BCUT2D eigenvalue weighted by atomic mass is 10.1. The fraction of sp³-hybridized carbons (Fsp3) is 0.333. The first-order valence-corrected chi connectivity index (χ1v) is 7.45. The molecule has 0 amide bonds. The lowest BCUT2D eigenvalue weighted by Gasteiger charge is -2.13. The van der Waals surface area contributed by atoms with E-state index in [1.165, 1.54) is 25.2 Å². The Morgan fingerprint density at radius 3 is 2.57 bits per heavy atom. The van der Waals surface area contributed by atoms with Crippen molar-refractivity contribution in [2.45, 2.75) is 33.3 Å². The molecule has 5 nitrogen and oxygen atoms in total. The van der Waals surface area contributed by atoms with Gasteiger partial charge in [-0.3, -0.25) is 9.59 Å². The topological polar surface area (TPSA) is 61.8 Å². The van der Waals surface area contributed by atoms with E-state index in [1.807, 2.05) is 18.4 Å². The first kappa shape index (κ1) is 13.9. The summed E-state index contributed by atoms with van der Waals surface area (Å²) in [5.41, 5.74) is 0.781. The van der Waals surface area contributed by atoms with Crippen molar-refractivity contribution in [1.29, 1.82) is 0 Å². The normalized spacial score (nSPS) is 16.4.